The lowest BCUT2D eigenvalue weighted by molar-refractivity contribution is -0.276. The maximum Gasteiger partial charge on any atom is 0.170 e. The predicted octanol–water partition coefficient (Wildman–Crippen LogP) is 0.01000. The van der Waals surface area contributed by atoms with E-state index in [9.17, 15) is 30.3 Å². The van der Waals surface area contributed by atoms with Crippen LogP contribution in [0.4, 0.5) is 0 Å². The van der Waals surface area contributed by atoms with Crippen LogP contribution < -0.4 is 0 Å². The number of aliphatic hydroxyl groups excluding tert-OH is 5. The first-order valence-electron chi connectivity index (χ1n) is 9.63. The second kappa shape index (κ2) is 5.39. The van der Waals surface area contributed by atoms with Crippen LogP contribution >= 0.6 is 0 Å². The summed E-state index contributed by atoms with van der Waals surface area (Å²) in [7, 11) is 0. The number of hydrogen-bond donors (Lipinski definition) is 5. The van der Waals surface area contributed by atoms with Gasteiger partial charge < -0.3 is 25.5 Å². The van der Waals surface area contributed by atoms with Crippen molar-refractivity contribution < 1.29 is 30.3 Å². The van der Waals surface area contributed by atoms with Crippen molar-refractivity contribution in [1.29, 1.82) is 0 Å². The molecule has 6 nitrogen and oxygen atoms in total. The molecule has 4 aliphatic carbocycles. The number of Topliss-reactive ketones (excluding diaryl/α,β-unsaturated/α-hetero) is 1. The van der Waals surface area contributed by atoms with E-state index in [1.807, 2.05) is 0 Å². The van der Waals surface area contributed by atoms with E-state index >= 15 is 0 Å². The van der Waals surface area contributed by atoms with Crippen LogP contribution in [0.15, 0.2) is 12.2 Å². The molecule has 146 valence electrons. The summed E-state index contributed by atoms with van der Waals surface area (Å²) in [6.07, 6.45) is -2.52. The predicted molar refractivity (Wildman–Crippen MR) is 92.8 cm³/mol. The molecule has 9 atom stereocenters. The largest absolute Gasteiger partial charge is 0.396 e. The molecule has 26 heavy (non-hydrogen) atoms. The Balaban J connectivity index is 1.96. The summed E-state index contributed by atoms with van der Waals surface area (Å²) in [6.45, 7) is 7.58. The second-order valence-electron chi connectivity index (χ2n) is 9.73. The van der Waals surface area contributed by atoms with Crippen molar-refractivity contribution in [3.63, 3.8) is 0 Å². The first-order chi connectivity index (χ1) is 12.1. The number of fused-ring (bicyclic) bond motifs is 3. The third-order valence-electron chi connectivity index (χ3n) is 8.59. The van der Waals surface area contributed by atoms with E-state index in [0.717, 1.165) is 6.42 Å². The van der Waals surface area contributed by atoms with Crippen molar-refractivity contribution in [2.75, 3.05) is 6.61 Å². The van der Waals surface area contributed by atoms with E-state index in [-0.39, 0.29) is 36.4 Å². The average Bonchev–Trinajstić information content (AvgIpc) is 2.71. The number of carbonyl (C=O) groups excluding carboxylic acids is 1. The highest BCUT2D eigenvalue weighted by Crippen LogP contribution is 2.70. The number of carbonyl (C=O) groups is 1. The van der Waals surface area contributed by atoms with Crippen LogP contribution in [0.2, 0.25) is 0 Å². The van der Waals surface area contributed by atoms with Crippen LogP contribution in [0.3, 0.4) is 0 Å². The molecule has 0 aromatic carbocycles. The SMILES string of the molecule is C=C1C(=O)C23C(O)C[C@@H]4C(C)(C)CCC(O)C4(CO)C2CC(O)C1[C@H]3O. The lowest BCUT2D eigenvalue weighted by Crippen LogP contribution is -2.72. The van der Waals surface area contributed by atoms with Gasteiger partial charge in [-0.3, -0.25) is 4.79 Å². The summed E-state index contributed by atoms with van der Waals surface area (Å²) < 4.78 is 0. The van der Waals surface area contributed by atoms with E-state index in [1.165, 1.54) is 0 Å². The number of ketones is 1. The number of aliphatic hydroxyl groups is 5. The summed E-state index contributed by atoms with van der Waals surface area (Å²) in [5.41, 5.74) is -2.61. The van der Waals surface area contributed by atoms with Crippen molar-refractivity contribution in [1.82, 2.24) is 0 Å². The van der Waals surface area contributed by atoms with Crippen molar-refractivity contribution in [2.45, 2.75) is 63.9 Å². The molecule has 0 saturated heterocycles. The van der Waals surface area contributed by atoms with Crippen molar-refractivity contribution >= 4 is 5.78 Å². The average molecular weight is 366 g/mol. The van der Waals surface area contributed by atoms with Gasteiger partial charge in [0, 0.05) is 11.3 Å². The molecule has 0 aromatic rings. The first-order valence-corrected chi connectivity index (χ1v) is 9.63. The molecule has 6 heteroatoms. The number of hydrogen-bond acceptors (Lipinski definition) is 6. The molecule has 0 heterocycles. The highest BCUT2D eigenvalue weighted by molar-refractivity contribution is 6.04. The molecule has 0 aromatic heterocycles. The fourth-order valence-electron chi connectivity index (χ4n) is 7.36. The van der Waals surface area contributed by atoms with Crippen LogP contribution in [0.1, 0.15) is 39.5 Å². The van der Waals surface area contributed by atoms with Gasteiger partial charge in [0.15, 0.2) is 5.78 Å². The summed E-state index contributed by atoms with van der Waals surface area (Å²) >= 11 is 0. The van der Waals surface area contributed by atoms with E-state index < -0.39 is 52.9 Å². The first kappa shape index (κ1) is 18.6. The van der Waals surface area contributed by atoms with Gasteiger partial charge >= 0.3 is 0 Å². The summed E-state index contributed by atoms with van der Waals surface area (Å²) in [4.78, 5) is 13.2. The number of rotatable bonds is 1. The Labute approximate surface area is 153 Å². The molecule has 0 amide bonds. The summed E-state index contributed by atoms with van der Waals surface area (Å²) in [5.74, 6) is -2.11. The molecule has 0 aliphatic heterocycles. The zero-order valence-electron chi connectivity index (χ0n) is 15.4. The lowest BCUT2D eigenvalue weighted by atomic mass is 9.38. The minimum Gasteiger partial charge on any atom is -0.396 e. The van der Waals surface area contributed by atoms with Crippen LogP contribution in [0, 0.1) is 34.0 Å². The van der Waals surface area contributed by atoms with Gasteiger partial charge in [0.25, 0.3) is 0 Å². The Kier molecular flexibility index (Phi) is 3.85. The molecule has 5 N–H and O–H groups in total. The Morgan fingerprint density at radius 2 is 1.73 bits per heavy atom. The monoisotopic (exact) mass is 366 g/mol. The second-order valence-corrected chi connectivity index (χ2v) is 9.73. The van der Waals surface area contributed by atoms with Gasteiger partial charge in [0.2, 0.25) is 0 Å². The van der Waals surface area contributed by atoms with Crippen LogP contribution in [0.5, 0.6) is 0 Å². The standard InChI is InChI=1S/C20H30O6/c1-9-15-10(22)6-12-19(8-21)11(18(2,3)5-4-13(19)23)7-14(24)20(12,16(9)25)17(15)26/h10-15,17,21-24,26H,1,4-8H2,2-3H3/t10?,11-,12?,13?,14?,15?,17-,19?,20?/m1/s1. The highest BCUT2D eigenvalue weighted by Gasteiger charge is 2.77. The highest BCUT2D eigenvalue weighted by atomic mass is 16.3. The summed E-state index contributed by atoms with van der Waals surface area (Å²) in [6, 6.07) is 0. The van der Waals surface area contributed by atoms with Gasteiger partial charge in [0.1, 0.15) is 0 Å². The minimum atomic E-state index is -1.49. The van der Waals surface area contributed by atoms with Gasteiger partial charge in [-0.25, -0.2) is 0 Å². The van der Waals surface area contributed by atoms with Gasteiger partial charge in [-0.2, -0.15) is 0 Å². The Bertz CT molecular complexity index is 659. The van der Waals surface area contributed by atoms with E-state index in [4.69, 9.17) is 0 Å². The normalized spacial score (nSPS) is 55.4. The lowest BCUT2D eigenvalue weighted by Gasteiger charge is -2.67. The maximum atomic E-state index is 13.2. The zero-order valence-corrected chi connectivity index (χ0v) is 15.4. The van der Waals surface area contributed by atoms with E-state index in [0.29, 0.717) is 6.42 Å². The zero-order chi connectivity index (χ0) is 19.2. The van der Waals surface area contributed by atoms with Gasteiger partial charge in [-0.1, -0.05) is 20.4 Å². The smallest absolute Gasteiger partial charge is 0.170 e. The summed E-state index contributed by atoms with van der Waals surface area (Å²) in [5, 5.41) is 54.4. The topological polar surface area (TPSA) is 118 Å². The van der Waals surface area contributed by atoms with E-state index in [2.05, 4.69) is 20.4 Å². The fraction of sp³-hybridized carbons (Fsp3) is 0.850. The Hall–Kier alpha value is -0.790. The molecule has 4 fully saturated rings. The molecule has 4 rings (SSSR count). The molecule has 7 unspecified atom stereocenters. The Morgan fingerprint density at radius 3 is 2.35 bits per heavy atom. The third-order valence-corrected chi connectivity index (χ3v) is 8.59. The molecule has 0 radical (unpaired) electrons. The molecule has 1 spiro atoms. The maximum absolute atomic E-state index is 13.2. The molecule has 4 aliphatic rings. The van der Waals surface area contributed by atoms with Gasteiger partial charge in [-0.05, 0) is 48.5 Å². The third kappa shape index (κ3) is 1.78. The van der Waals surface area contributed by atoms with Crippen LogP contribution in [-0.4, -0.2) is 62.3 Å². The van der Waals surface area contributed by atoms with Gasteiger partial charge in [0.05, 0.1) is 36.4 Å². The van der Waals surface area contributed by atoms with Crippen molar-refractivity contribution in [2.24, 2.45) is 34.0 Å². The molecule has 2 bridgehead atoms. The molecule has 4 saturated carbocycles. The van der Waals surface area contributed by atoms with Crippen molar-refractivity contribution in [3.05, 3.63) is 12.2 Å². The van der Waals surface area contributed by atoms with E-state index in [1.54, 1.807) is 0 Å². The quantitative estimate of drug-likeness (QED) is 0.417. The Morgan fingerprint density at radius 1 is 1.08 bits per heavy atom. The van der Waals surface area contributed by atoms with Crippen LogP contribution in [-0.2, 0) is 4.79 Å². The van der Waals surface area contributed by atoms with Crippen molar-refractivity contribution in [3.8, 4) is 0 Å². The fourth-order valence-corrected chi connectivity index (χ4v) is 7.36. The van der Waals surface area contributed by atoms with Crippen LogP contribution in [0.25, 0.3) is 0 Å². The molecular formula is C20H30O6. The van der Waals surface area contributed by atoms with Gasteiger partial charge in [-0.15, -0.1) is 0 Å². The molecular weight excluding hydrogens is 336 g/mol. The minimum absolute atomic E-state index is 0.155.